The van der Waals surface area contributed by atoms with Crippen molar-refractivity contribution in [2.45, 2.75) is 149 Å². The molecule has 1 aliphatic rings. The molecular formula is C50H68N2O2. The van der Waals surface area contributed by atoms with Gasteiger partial charge in [0, 0.05) is 42.3 Å². The highest BCUT2D eigenvalue weighted by atomic mass is 16.6. The van der Waals surface area contributed by atoms with Gasteiger partial charge in [0.15, 0.2) is 0 Å². The van der Waals surface area contributed by atoms with E-state index in [1.807, 2.05) is 18.2 Å². The predicted octanol–water partition coefficient (Wildman–Crippen LogP) is 13.7. The van der Waals surface area contributed by atoms with E-state index in [4.69, 9.17) is 4.74 Å². The van der Waals surface area contributed by atoms with Gasteiger partial charge in [0.1, 0.15) is 0 Å². The number of anilines is 3. The van der Waals surface area contributed by atoms with E-state index in [0.717, 1.165) is 53.9 Å². The van der Waals surface area contributed by atoms with Crippen LogP contribution < -0.4 is 9.80 Å². The van der Waals surface area contributed by atoms with Crippen LogP contribution in [0.3, 0.4) is 0 Å². The second kappa shape index (κ2) is 20.6. The first-order valence-electron chi connectivity index (χ1n) is 21.5. The van der Waals surface area contributed by atoms with E-state index in [9.17, 15) is 4.79 Å². The molecule has 290 valence electrons. The lowest BCUT2D eigenvalue weighted by Crippen LogP contribution is -2.45. The first-order chi connectivity index (χ1) is 26.3. The molecule has 4 nitrogen and oxygen atoms in total. The molecule has 0 saturated heterocycles. The Morgan fingerprint density at radius 2 is 0.981 bits per heavy atom. The van der Waals surface area contributed by atoms with Crippen molar-refractivity contribution in [2.75, 3.05) is 23.9 Å². The molecular weight excluding hydrogens is 661 g/mol. The Kier molecular flexibility index (Phi) is 15.7. The molecule has 0 saturated carbocycles. The van der Waals surface area contributed by atoms with Crippen LogP contribution in [0.15, 0.2) is 84.9 Å². The second-order valence-corrected chi connectivity index (χ2v) is 15.8. The standard InChI is InChI=1S/C50H68N2O2/c1-7-11-13-15-17-19-21-25-41-33-39(9-3)35-45(37-41)52(46-36-40(10-4)34-42(38-46)26-22-20-18-16-14-12-8-2)50(43-29-31-44(32-30-43)51(5)6)48-28-24-23-27-47(48)49(53)54-50/h23-24,27-38H,7-22,25-26H2,1-6H3. The fourth-order valence-corrected chi connectivity index (χ4v) is 8.22. The number of fused-ring (bicyclic) bond motifs is 1. The van der Waals surface area contributed by atoms with Gasteiger partial charge in [-0.3, -0.25) is 4.90 Å². The molecule has 1 aliphatic heterocycles. The van der Waals surface area contributed by atoms with Gasteiger partial charge in [0.2, 0.25) is 5.72 Å². The van der Waals surface area contributed by atoms with Gasteiger partial charge >= 0.3 is 5.97 Å². The molecule has 0 bridgehead atoms. The summed E-state index contributed by atoms with van der Waals surface area (Å²) < 4.78 is 6.87. The summed E-state index contributed by atoms with van der Waals surface area (Å²) in [6, 6.07) is 30.9. The quantitative estimate of drug-likeness (QED) is 0.0562. The zero-order valence-electron chi connectivity index (χ0n) is 34.5. The monoisotopic (exact) mass is 729 g/mol. The molecule has 0 amide bonds. The Morgan fingerprint density at radius 3 is 1.46 bits per heavy atom. The first kappa shape index (κ1) is 41.1. The molecule has 4 aromatic carbocycles. The molecule has 1 heterocycles. The van der Waals surface area contributed by atoms with Gasteiger partial charge in [0.05, 0.1) is 5.56 Å². The van der Waals surface area contributed by atoms with Crippen LogP contribution in [-0.4, -0.2) is 20.1 Å². The van der Waals surface area contributed by atoms with E-state index in [-0.39, 0.29) is 5.97 Å². The highest BCUT2D eigenvalue weighted by Crippen LogP contribution is 2.51. The number of cyclic esters (lactones) is 1. The maximum atomic E-state index is 14.1. The predicted molar refractivity (Wildman–Crippen MR) is 231 cm³/mol. The van der Waals surface area contributed by atoms with E-state index in [0.29, 0.717) is 5.56 Å². The molecule has 54 heavy (non-hydrogen) atoms. The Balaban J connectivity index is 1.64. The average Bonchev–Trinajstić information content (AvgIpc) is 3.49. The molecule has 0 aromatic heterocycles. The number of carbonyl (C=O) groups is 1. The average molecular weight is 729 g/mol. The van der Waals surface area contributed by atoms with Gasteiger partial charge in [0.25, 0.3) is 0 Å². The van der Waals surface area contributed by atoms with Crippen LogP contribution in [-0.2, 0) is 36.1 Å². The maximum Gasteiger partial charge on any atom is 0.341 e. The van der Waals surface area contributed by atoms with Gasteiger partial charge in [-0.25, -0.2) is 4.79 Å². The van der Waals surface area contributed by atoms with Gasteiger partial charge in [-0.05, 0) is 103 Å². The Bertz CT molecular complexity index is 1690. The summed E-state index contributed by atoms with van der Waals surface area (Å²) in [5, 5.41) is 0. The Morgan fingerprint density at radius 1 is 0.519 bits per heavy atom. The third-order valence-corrected chi connectivity index (χ3v) is 11.4. The summed E-state index contributed by atoms with van der Waals surface area (Å²) in [5.74, 6) is -0.280. The zero-order chi connectivity index (χ0) is 38.3. The van der Waals surface area contributed by atoms with Crippen molar-refractivity contribution in [2.24, 2.45) is 0 Å². The lowest BCUT2D eigenvalue weighted by Gasteiger charge is -2.43. The van der Waals surface area contributed by atoms with Crippen LogP contribution >= 0.6 is 0 Å². The summed E-state index contributed by atoms with van der Waals surface area (Å²) in [4.78, 5) is 18.5. The van der Waals surface area contributed by atoms with Crippen molar-refractivity contribution in [3.05, 3.63) is 124 Å². The van der Waals surface area contributed by atoms with E-state index in [1.165, 1.54) is 112 Å². The minimum absolute atomic E-state index is 0.280. The maximum absolute atomic E-state index is 14.1. The smallest absolute Gasteiger partial charge is 0.341 e. The number of hydrogen-bond acceptors (Lipinski definition) is 4. The number of ether oxygens (including phenoxy) is 1. The third kappa shape index (κ3) is 10.2. The SMILES string of the molecule is CCCCCCCCCc1cc(CC)cc(N(c2cc(CC)cc(CCCCCCCCC)c2)C2(c3ccc(N(C)C)cc3)OC(=O)c3ccccc32)c1. The van der Waals surface area contributed by atoms with E-state index in [1.54, 1.807) is 0 Å². The van der Waals surface area contributed by atoms with Crippen molar-refractivity contribution < 1.29 is 9.53 Å². The first-order valence-corrected chi connectivity index (χ1v) is 21.5. The number of nitrogens with zero attached hydrogens (tertiary/aromatic N) is 2. The highest BCUT2D eigenvalue weighted by molar-refractivity contribution is 5.97. The highest BCUT2D eigenvalue weighted by Gasteiger charge is 2.52. The van der Waals surface area contributed by atoms with E-state index in [2.05, 4.69) is 118 Å². The van der Waals surface area contributed by atoms with Crippen molar-refractivity contribution >= 4 is 23.0 Å². The number of rotatable bonds is 23. The Labute approximate surface area is 328 Å². The number of benzene rings is 4. The van der Waals surface area contributed by atoms with Crippen molar-refractivity contribution in [3.8, 4) is 0 Å². The van der Waals surface area contributed by atoms with Gasteiger partial charge < -0.3 is 9.64 Å². The number of hydrogen-bond donors (Lipinski definition) is 0. The van der Waals surface area contributed by atoms with Crippen molar-refractivity contribution in [3.63, 3.8) is 0 Å². The minimum Gasteiger partial charge on any atom is -0.426 e. The molecule has 4 heteroatoms. The van der Waals surface area contributed by atoms with Crippen LogP contribution in [0.25, 0.3) is 0 Å². The molecule has 0 N–H and O–H groups in total. The minimum atomic E-state index is -1.19. The number of carbonyl (C=O) groups excluding carboxylic acids is 1. The van der Waals surface area contributed by atoms with Crippen LogP contribution in [0.2, 0.25) is 0 Å². The molecule has 0 aliphatic carbocycles. The molecule has 0 fully saturated rings. The fraction of sp³-hybridized carbons (Fsp3) is 0.500. The molecule has 0 spiro atoms. The van der Waals surface area contributed by atoms with E-state index >= 15 is 0 Å². The number of esters is 1. The number of aryl methyl sites for hydroxylation is 4. The second-order valence-electron chi connectivity index (χ2n) is 15.8. The largest absolute Gasteiger partial charge is 0.426 e. The summed E-state index contributed by atoms with van der Waals surface area (Å²) >= 11 is 0. The normalized spacial score (nSPS) is 15.0. The van der Waals surface area contributed by atoms with Crippen molar-refractivity contribution in [1.29, 1.82) is 0 Å². The van der Waals surface area contributed by atoms with Crippen molar-refractivity contribution in [1.82, 2.24) is 0 Å². The Hall–Kier alpha value is -4.05. The van der Waals surface area contributed by atoms with Gasteiger partial charge in [-0.1, -0.05) is 147 Å². The third-order valence-electron chi connectivity index (χ3n) is 11.4. The summed E-state index contributed by atoms with van der Waals surface area (Å²) in [7, 11) is 4.13. The summed E-state index contributed by atoms with van der Waals surface area (Å²) in [5.41, 5.74) is 9.84. The van der Waals surface area contributed by atoms with Gasteiger partial charge in [-0.2, -0.15) is 0 Å². The van der Waals surface area contributed by atoms with Gasteiger partial charge in [-0.15, -0.1) is 0 Å². The molecule has 5 rings (SSSR count). The zero-order valence-corrected chi connectivity index (χ0v) is 34.5. The molecule has 0 radical (unpaired) electrons. The van der Waals surface area contributed by atoms with Crippen LogP contribution in [0.4, 0.5) is 17.1 Å². The number of unbranched alkanes of at least 4 members (excludes halogenated alkanes) is 12. The van der Waals surface area contributed by atoms with Crippen LogP contribution in [0, 0.1) is 0 Å². The molecule has 1 unspecified atom stereocenters. The lowest BCUT2D eigenvalue weighted by molar-refractivity contribution is 0.0134. The fourth-order valence-electron chi connectivity index (χ4n) is 8.22. The summed E-state index contributed by atoms with van der Waals surface area (Å²) in [6.07, 6.45) is 22.0. The molecule has 1 atom stereocenters. The van der Waals surface area contributed by atoms with Crippen LogP contribution in [0.5, 0.6) is 0 Å². The van der Waals surface area contributed by atoms with Crippen LogP contribution in [0.1, 0.15) is 161 Å². The molecule has 4 aromatic rings. The summed E-state index contributed by atoms with van der Waals surface area (Å²) in [6.45, 7) is 9.07. The topological polar surface area (TPSA) is 32.8 Å². The lowest BCUT2D eigenvalue weighted by atomic mass is 9.88. The van der Waals surface area contributed by atoms with E-state index < -0.39 is 5.72 Å².